The Balaban J connectivity index is 1.26. The number of nitrogens with zero attached hydrogens (tertiary/aromatic N) is 1. The van der Waals surface area contributed by atoms with Gasteiger partial charge in [-0.25, -0.2) is 18.4 Å². The Morgan fingerprint density at radius 2 is 1.76 bits per heavy atom. The molecule has 1 aliphatic carbocycles. The van der Waals surface area contributed by atoms with Crippen LogP contribution in [0.4, 0.5) is 13.6 Å². The van der Waals surface area contributed by atoms with Crippen molar-refractivity contribution < 1.29 is 33.0 Å². The molecule has 2 aromatic rings. The summed E-state index contributed by atoms with van der Waals surface area (Å²) < 4.78 is 37.7. The molecule has 0 spiro atoms. The van der Waals surface area contributed by atoms with Crippen LogP contribution in [0.15, 0.2) is 48.5 Å². The number of carbonyl (C=O) groups excluding carboxylic acids is 1. The third-order valence-corrected chi connectivity index (χ3v) is 6.24. The molecule has 1 heterocycles. The molecule has 34 heavy (non-hydrogen) atoms. The van der Waals surface area contributed by atoms with Gasteiger partial charge in [-0.1, -0.05) is 48.5 Å². The third-order valence-electron chi connectivity index (χ3n) is 6.24. The summed E-state index contributed by atoms with van der Waals surface area (Å²) in [4.78, 5) is 25.5. The fraction of sp³-hybridized carbons (Fsp3) is 0.440. The van der Waals surface area contributed by atoms with E-state index in [1.807, 2.05) is 48.5 Å². The number of hydrogen-bond donors (Lipinski definition) is 2. The highest BCUT2D eigenvalue weighted by Crippen LogP contribution is 2.44. The van der Waals surface area contributed by atoms with Gasteiger partial charge in [-0.3, -0.25) is 4.90 Å². The van der Waals surface area contributed by atoms with Crippen LogP contribution in [0.2, 0.25) is 0 Å². The number of hydrogen-bond acceptors (Lipinski definition) is 5. The van der Waals surface area contributed by atoms with E-state index in [2.05, 4.69) is 5.32 Å². The van der Waals surface area contributed by atoms with Gasteiger partial charge in [0.25, 0.3) is 5.92 Å². The molecule has 0 radical (unpaired) electrons. The highest BCUT2D eigenvalue weighted by molar-refractivity contribution is 5.81. The number of alkyl halides is 2. The minimum atomic E-state index is -2.70. The highest BCUT2D eigenvalue weighted by atomic mass is 19.3. The van der Waals surface area contributed by atoms with Crippen LogP contribution in [0.3, 0.4) is 0 Å². The van der Waals surface area contributed by atoms with E-state index in [4.69, 9.17) is 9.47 Å². The summed E-state index contributed by atoms with van der Waals surface area (Å²) in [6.45, 7) is 0.370. The second-order valence-corrected chi connectivity index (χ2v) is 8.67. The molecule has 1 fully saturated rings. The zero-order valence-electron chi connectivity index (χ0n) is 18.7. The van der Waals surface area contributed by atoms with Gasteiger partial charge in [-0.15, -0.1) is 0 Å². The van der Waals surface area contributed by atoms with E-state index in [-0.39, 0.29) is 45.2 Å². The maximum atomic E-state index is 13.5. The van der Waals surface area contributed by atoms with Crippen molar-refractivity contribution in [3.8, 4) is 11.1 Å². The van der Waals surface area contributed by atoms with Gasteiger partial charge in [0.15, 0.2) is 6.04 Å². The Kier molecular flexibility index (Phi) is 7.43. The van der Waals surface area contributed by atoms with Gasteiger partial charge < -0.3 is 19.9 Å². The lowest BCUT2D eigenvalue weighted by atomic mass is 9.98. The SMILES string of the molecule is O=C(N[C@@H](COCCN1CCCC(F)(F)C1)C(=O)O)OCC1c2ccccc2-c2ccccc21. The van der Waals surface area contributed by atoms with E-state index in [1.54, 1.807) is 4.90 Å². The maximum absolute atomic E-state index is 13.5. The Bertz CT molecular complexity index is 986. The molecule has 1 atom stereocenters. The second-order valence-electron chi connectivity index (χ2n) is 8.67. The Morgan fingerprint density at radius 1 is 1.12 bits per heavy atom. The number of amides is 1. The standard InChI is InChI=1S/C25H28F2N2O5/c26-25(27)10-5-11-29(16-25)12-13-33-15-22(23(30)31)28-24(32)34-14-21-19-8-3-1-6-17(19)18-7-2-4-9-20(18)21/h1-4,6-9,21-22H,5,10-16H2,(H,28,32)(H,30,31)/t22-/m0/s1. The van der Waals surface area contributed by atoms with Crippen molar-refractivity contribution in [2.75, 3.05) is 39.5 Å². The third kappa shape index (κ3) is 5.71. The number of piperidine rings is 1. The number of likely N-dealkylation sites (tertiary alicyclic amines) is 1. The van der Waals surface area contributed by atoms with E-state index in [1.165, 1.54) is 0 Å². The van der Waals surface area contributed by atoms with Crippen LogP contribution >= 0.6 is 0 Å². The first-order valence-corrected chi connectivity index (χ1v) is 11.4. The van der Waals surface area contributed by atoms with E-state index >= 15 is 0 Å². The molecular formula is C25H28F2N2O5. The lowest BCUT2D eigenvalue weighted by Crippen LogP contribution is -2.46. The monoisotopic (exact) mass is 474 g/mol. The Labute approximate surface area is 196 Å². The predicted octanol–water partition coefficient (Wildman–Crippen LogP) is 3.73. The van der Waals surface area contributed by atoms with Crippen LogP contribution in [0.5, 0.6) is 0 Å². The molecule has 2 N–H and O–H groups in total. The van der Waals surface area contributed by atoms with Crippen molar-refractivity contribution in [1.82, 2.24) is 10.2 Å². The maximum Gasteiger partial charge on any atom is 0.407 e. The molecule has 1 saturated heterocycles. The number of carboxylic acid groups (broad SMARTS) is 1. The summed E-state index contributed by atoms with van der Waals surface area (Å²) in [7, 11) is 0. The van der Waals surface area contributed by atoms with Gasteiger partial charge in [0.1, 0.15) is 6.61 Å². The summed E-state index contributed by atoms with van der Waals surface area (Å²) in [6, 6.07) is 14.5. The van der Waals surface area contributed by atoms with Crippen molar-refractivity contribution in [3.05, 3.63) is 59.7 Å². The number of carboxylic acids is 1. The fourth-order valence-corrected chi connectivity index (χ4v) is 4.59. The summed E-state index contributed by atoms with van der Waals surface area (Å²) in [5.74, 6) is -4.11. The number of carbonyl (C=O) groups is 2. The number of aliphatic carboxylic acids is 1. The van der Waals surface area contributed by atoms with Crippen LogP contribution in [-0.2, 0) is 14.3 Å². The average molecular weight is 475 g/mol. The molecule has 0 saturated carbocycles. The first kappa shape index (κ1) is 24.1. The largest absolute Gasteiger partial charge is 0.480 e. The van der Waals surface area contributed by atoms with Crippen molar-refractivity contribution in [1.29, 1.82) is 0 Å². The molecular weight excluding hydrogens is 446 g/mol. The number of fused-ring (bicyclic) bond motifs is 3. The van der Waals surface area contributed by atoms with E-state index in [0.29, 0.717) is 13.0 Å². The molecule has 7 nitrogen and oxygen atoms in total. The summed E-state index contributed by atoms with van der Waals surface area (Å²) >= 11 is 0. The van der Waals surface area contributed by atoms with Crippen molar-refractivity contribution in [3.63, 3.8) is 0 Å². The number of ether oxygens (including phenoxy) is 2. The topological polar surface area (TPSA) is 88.1 Å². The molecule has 2 aliphatic rings. The molecule has 9 heteroatoms. The van der Waals surface area contributed by atoms with Crippen LogP contribution < -0.4 is 5.32 Å². The number of nitrogens with one attached hydrogen (secondary N) is 1. The molecule has 0 aromatic heterocycles. The van der Waals surface area contributed by atoms with Gasteiger partial charge in [0, 0.05) is 18.9 Å². The van der Waals surface area contributed by atoms with Crippen LogP contribution in [-0.4, -0.2) is 73.5 Å². The minimum absolute atomic E-state index is 0.0657. The fourth-order valence-electron chi connectivity index (χ4n) is 4.59. The number of alkyl carbamates (subject to hydrolysis) is 1. The molecule has 0 unspecified atom stereocenters. The first-order chi connectivity index (χ1) is 16.3. The van der Waals surface area contributed by atoms with Crippen molar-refractivity contribution in [2.24, 2.45) is 0 Å². The quantitative estimate of drug-likeness (QED) is 0.539. The molecule has 1 aliphatic heterocycles. The molecule has 2 aromatic carbocycles. The van der Waals surface area contributed by atoms with Crippen molar-refractivity contribution in [2.45, 2.75) is 30.7 Å². The molecule has 4 rings (SSSR count). The lowest BCUT2D eigenvalue weighted by molar-refractivity contribution is -0.141. The normalized spacial score (nSPS) is 18.1. The first-order valence-electron chi connectivity index (χ1n) is 11.4. The van der Waals surface area contributed by atoms with Gasteiger partial charge in [0.2, 0.25) is 0 Å². The Hall–Kier alpha value is -3.04. The summed E-state index contributed by atoms with van der Waals surface area (Å²) in [5, 5.41) is 11.7. The number of benzene rings is 2. The van der Waals surface area contributed by atoms with Crippen molar-refractivity contribution >= 4 is 12.1 Å². The lowest BCUT2D eigenvalue weighted by Gasteiger charge is -2.32. The second kappa shape index (κ2) is 10.5. The van der Waals surface area contributed by atoms with E-state index < -0.39 is 24.0 Å². The smallest absolute Gasteiger partial charge is 0.407 e. The molecule has 182 valence electrons. The van der Waals surface area contributed by atoms with Crippen LogP contribution in [0, 0.1) is 0 Å². The predicted molar refractivity (Wildman–Crippen MR) is 121 cm³/mol. The zero-order chi connectivity index (χ0) is 24.1. The summed E-state index contributed by atoms with van der Waals surface area (Å²) in [5.41, 5.74) is 4.29. The average Bonchev–Trinajstić information content (AvgIpc) is 3.13. The molecule has 0 bridgehead atoms. The minimum Gasteiger partial charge on any atom is -0.480 e. The van der Waals surface area contributed by atoms with Gasteiger partial charge in [-0.05, 0) is 35.2 Å². The van der Waals surface area contributed by atoms with Gasteiger partial charge in [0.05, 0.1) is 19.8 Å². The molecule has 1 amide bonds. The highest BCUT2D eigenvalue weighted by Gasteiger charge is 2.35. The van der Waals surface area contributed by atoms with Crippen LogP contribution in [0.1, 0.15) is 29.9 Å². The zero-order valence-corrected chi connectivity index (χ0v) is 18.7. The number of halogens is 2. The van der Waals surface area contributed by atoms with E-state index in [0.717, 1.165) is 22.3 Å². The van der Waals surface area contributed by atoms with E-state index in [9.17, 15) is 23.5 Å². The Morgan fingerprint density at radius 3 is 2.38 bits per heavy atom. The van der Waals surface area contributed by atoms with Gasteiger partial charge in [-0.2, -0.15) is 0 Å². The number of rotatable bonds is 9. The summed E-state index contributed by atoms with van der Waals surface area (Å²) in [6.07, 6.45) is -0.558. The van der Waals surface area contributed by atoms with Crippen LogP contribution in [0.25, 0.3) is 11.1 Å². The van der Waals surface area contributed by atoms with Gasteiger partial charge >= 0.3 is 12.1 Å².